The summed E-state index contributed by atoms with van der Waals surface area (Å²) in [6.45, 7) is 4.48. The van der Waals surface area contributed by atoms with Crippen LogP contribution in [0.3, 0.4) is 0 Å². The summed E-state index contributed by atoms with van der Waals surface area (Å²) in [6, 6.07) is 2.02. The van der Waals surface area contributed by atoms with Gasteiger partial charge in [-0.3, -0.25) is 0 Å². The summed E-state index contributed by atoms with van der Waals surface area (Å²) in [5.74, 6) is 0. The maximum Gasteiger partial charge on any atom is 0.208 e. The molecule has 1 heterocycles. The summed E-state index contributed by atoms with van der Waals surface area (Å²) in [4.78, 5) is 0. The number of hydrogen-bond acceptors (Lipinski definition) is 3. The average Bonchev–Trinajstić information content (AvgIpc) is 2.52. The average molecular weight is 233 g/mol. The van der Waals surface area contributed by atoms with Gasteiger partial charge in [0.05, 0.1) is 6.26 Å². The van der Waals surface area contributed by atoms with E-state index < -0.39 is 10.0 Å². The molecule has 14 heavy (non-hydrogen) atoms. The molecule has 1 aromatic heterocycles. The zero-order valence-corrected chi connectivity index (χ0v) is 10.2. The third kappa shape index (κ3) is 3.40. The van der Waals surface area contributed by atoms with Crippen molar-refractivity contribution in [1.29, 1.82) is 0 Å². The van der Waals surface area contributed by atoms with Gasteiger partial charge in [-0.1, -0.05) is 13.8 Å². The van der Waals surface area contributed by atoms with Crippen LogP contribution in [-0.4, -0.2) is 21.2 Å². The minimum Gasteiger partial charge on any atom is -0.215 e. The Morgan fingerprint density at radius 2 is 2.14 bits per heavy atom. The summed E-state index contributed by atoms with van der Waals surface area (Å²) in [5.41, 5.74) is 1.02. The lowest BCUT2D eigenvalue weighted by atomic mass is 9.87. The molecule has 5 heteroatoms. The highest BCUT2D eigenvalue weighted by Crippen LogP contribution is 2.24. The maximum absolute atomic E-state index is 10.9. The van der Waals surface area contributed by atoms with Crippen molar-refractivity contribution < 1.29 is 8.42 Å². The third-order valence-electron chi connectivity index (χ3n) is 2.08. The van der Waals surface area contributed by atoms with Crippen molar-refractivity contribution in [2.75, 3.05) is 12.8 Å². The maximum atomic E-state index is 10.9. The van der Waals surface area contributed by atoms with Gasteiger partial charge < -0.3 is 0 Å². The summed E-state index contributed by atoms with van der Waals surface area (Å²) in [6.07, 6.45) is 1.18. The van der Waals surface area contributed by atoms with E-state index in [1.54, 1.807) is 11.3 Å². The molecule has 0 aromatic carbocycles. The van der Waals surface area contributed by atoms with Gasteiger partial charge in [-0.05, 0) is 22.4 Å². The second-order valence-electron chi connectivity index (χ2n) is 3.99. The van der Waals surface area contributed by atoms with E-state index in [-0.39, 0.29) is 5.41 Å². The van der Waals surface area contributed by atoms with E-state index in [2.05, 4.69) is 4.72 Å². The molecule has 0 saturated carbocycles. The molecule has 0 unspecified atom stereocenters. The van der Waals surface area contributed by atoms with Crippen molar-refractivity contribution in [3.63, 3.8) is 0 Å². The zero-order valence-electron chi connectivity index (χ0n) is 8.57. The minimum absolute atomic E-state index is 0.150. The molecule has 0 aliphatic rings. The van der Waals surface area contributed by atoms with Crippen LogP contribution >= 0.6 is 11.3 Å². The molecule has 0 spiro atoms. The molecular formula is C9H15NO2S2. The summed E-state index contributed by atoms with van der Waals surface area (Å²) in [5, 5.41) is 4.04. The first-order valence-corrected chi connectivity index (χ1v) is 7.12. The van der Waals surface area contributed by atoms with Crippen LogP contribution in [0.15, 0.2) is 16.8 Å². The lowest BCUT2D eigenvalue weighted by Crippen LogP contribution is -2.35. The molecule has 0 radical (unpaired) electrons. The van der Waals surface area contributed by atoms with Gasteiger partial charge in [0.1, 0.15) is 0 Å². The second kappa shape index (κ2) is 4.00. The fourth-order valence-electron chi connectivity index (χ4n) is 1.06. The van der Waals surface area contributed by atoms with Crippen molar-refractivity contribution >= 4 is 21.4 Å². The highest BCUT2D eigenvalue weighted by molar-refractivity contribution is 7.88. The SMILES string of the molecule is CC(C)(CNS(C)(=O)=O)c1ccsc1. The summed E-state index contributed by atoms with van der Waals surface area (Å²) in [7, 11) is -3.09. The van der Waals surface area contributed by atoms with E-state index in [0.717, 1.165) is 0 Å². The molecule has 0 amide bonds. The highest BCUT2D eigenvalue weighted by atomic mass is 32.2. The Morgan fingerprint density at radius 1 is 1.50 bits per heavy atom. The fraction of sp³-hybridized carbons (Fsp3) is 0.556. The molecule has 1 rings (SSSR count). The molecule has 3 nitrogen and oxygen atoms in total. The lowest BCUT2D eigenvalue weighted by molar-refractivity contribution is 0.505. The van der Waals surface area contributed by atoms with Gasteiger partial charge >= 0.3 is 0 Å². The van der Waals surface area contributed by atoms with Crippen LogP contribution < -0.4 is 4.72 Å². The molecule has 0 bridgehead atoms. The minimum atomic E-state index is -3.09. The van der Waals surface area contributed by atoms with Crippen molar-refractivity contribution in [3.05, 3.63) is 22.4 Å². The lowest BCUT2D eigenvalue weighted by Gasteiger charge is -2.23. The topological polar surface area (TPSA) is 46.2 Å². The number of nitrogens with one attached hydrogen (secondary N) is 1. The fourth-order valence-corrected chi connectivity index (χ4v) is 2.53. The Labute approximate surface area is 89.2 Å². The number of hydrogen-bond donors (Lipinski definition) is 1. The van der Waals surface area contributed by atoms with Gasteiger partial charge in [0.25, 0.3) is 0 Å². The van der Waals surface area contributed by atoms with Gasteiger partial charge in [-0.2, -0.15) is 11.3 Å². The summed E-state index contributed by atoms with van der Waals surface area (Å²) >= 11 is 1.62. The second-order valence-corrected chi connectivity index (χ2v) is 6.60. The molecule has 80 valence electrons. The van der Waals surface area contributed by atoms with Gasteiger partial charge in [-0.15, -0.1) is 0 Å². The van der Waals surface area contributed by atoms with Crippen LogP contribution in [0.5, 0.6) is 0 Å². The van der Waals surface area contributed by atoms with Gasteiger partial charge in [0.2, 0.25) is 10.0 Å². The van der Waals surface area contributed by atoms with E-state index >= 15 is 0 Å². The first-order chi connectivity index (χ1) is 6.31. The third-order valence-corrected chi connectivity index (χ3v) is 3.43. The van der Waals surface area contributed by atoms with Crippen molar-refractivity contribution in [1.82, 2.24) is 4.72 Å². The van der Waals surface area contributed by atoms with Crippen molar-refractivity contribution in [2.24, 2.45) is 0 Å². The smallest absolute Gasteiger partial charge is 0.208 e. The Hall–Kier alpha value is -0.390. The first-order valence-electron chi connectivity index (χ1n) is 4.28. The van der Waals surface area contributed by atoms with Crippen LogP contribution in [0.2, 0.25) is 0 Å². The van der Waals surface area contributed by atoms with E-state index in [9.17, 15) is 8.42 Å². The quantitative estimate of drug-likeness (QED) is 0.858. The van der Waals surface area contributed by atoms with E-state index in [0.29, 0.717) is 6.54 Å². The van der Waals surface area contributed by atoms with Gasteiger partial charge in [-0.25, -0.2) is 13.1 Å². The molecule has 0 fully saturated rings. The van der Waals surface area contributed by atoms with Gasteiger partial charge in [0.15, 0.2) is 0 Å². The predicted molar refractivity (Wildman–Crippen MR) is 60.2 cm³/mol. The molecule has 1 aromatic rings. The Morgan fingerprint density at radius 3 is 2.57 bits per heavy atom. The highest BCUT2D eigenvalue weighted by Gasteiger charge is 2.22. The van der Waals surface area contributed by atoms with Crippen molar-refractivity contribution in [2.45, 2.75) is 19.3 Å². The van der Waals surface area contributed by atoms with Crippen LogP contribution in [-0.2, 0) is 15.4 Å². The standard InChI is InChI=1S/C9H15NO2S2/c1-9(2,7-10-14(3,11)12)8-4-5-13-6-8/h4-6,10H,7H2,1-3H3. The van der Waals surface area contributed by atoms with E-state index in [4.69, 9.17) is 0 Å². The Balaban J connectivity index is 2.69. The first kappa shape index (κ1) is 11.7. The van der Waals surface area contributed by atoms with Crippen LogP contribution in [0.4, 0.5) is 0 Å². The number of sulfonamides is 1. The van der Waals surface area contributed by atoms with Crippen molar-refractivity contribution in [3.8, 4) is 0 Å². The monoisotopic (exact) mass is 233 g/mol. The zero-order chi connectivity index (χ0) is 10.8. The molecule has 0 aliphatic heterocycles. The largest absolute Gasteiger partial charge is 0.215 e. The molecule has 0 aliphatic carbocycles. The number of thiophene rings is 1. The van der Waals surface area contributed by atoms with E-state index in [1.165, 1.54) is 11.8 Å². The molecular weight excluding hydrogens is 218 g/mol. The summed E-state index contributed by atoms with van der Waals surface area (Å²) < 4.78 is 24.4. The van der Waals surface area contributed by atoms with Gasteiger partial charge in [0, 0.05) is 12.0 Å². The Bertz CT molecular complexity index is 379. The molecule has 0 saturated heterocycles. The number of rotatable bonds is 4. The normalized spacial score (nSPS) is 13.1. The predicted octanol–water partition coefficient (Wildman–Crippen LogP) is 1.57. The van der Waals surface area contributed by atoms with Crippen LogP contribution in [0, 0.1) is 0 Å². The van der Waals surface area contributed by atoms with Crippen LogP contribution in [0.25, 0.3) is 0 Å². The van der Waals surface area contributed by atoms with Crippen LogP contribution in [0.1, 0.15) is 19.4 Å². The molecule has 0 atom stereocenters. The van der Waals surface area contributed by atoms with E-state index in [1.807, 2.05) is 30.7 Å². The Kier molecular flexibility index (Phi) is 3.34. The molecule has 1 N–H and O–H groups in total.